The molecule has 1 amide bonds. The van der Waals surface area contributed by atoms with Crippen LogP contribution in [0.4, 0.5) is 5.82 Å². The van der Waals surface area contributed by atoms with Crippen LogP contribution in [0.5, 0.6) is 0 Å². The lowest BCUT2D eigenvalue weighted by Gasteiger charge is -2.09. The van der Waals surface area contributed by atoms with Gasteiger partial charge in [0.2, 0.25) is 0 Å². The standard InChI is InChI=1S/C29H28N4O/c1-20-9-11-24(12-10-20)18-32-16-15-28(31-32)30-29(34)25-13-14-27-26(17-25)21(2)22(3)33(27)19-23-7-5-4-6-8-23/h4-17H,18-19H2,1-3H3,(H,30,31,34). The minimum atomic E-state index is -0.157. The Morgan fingerprint density at radius 2 is 1.59 bits per heavy atom. The van der Waals surface area contributed by atoms with E-state index in [4.69, 9.17) is 0 Å². The van der Waals surface area contributed by atoms with Crippen LogP contribution in [0.1, 0.15) is 38.3 Å². The highest BCUT2D eigenvalue weighted by Crippen LogP contribution is 2.27. The Bertz CT molecular complexity index is 1460. The second-order valence-corrected chi connectivity index (χ2v) is 8.85. The number of hydrogen-bond acceptors (Lipinski definition) is 2. The Morgan fingerprint density at radius 1 is 0.853 bits per heavy atom. The monoisotopic (exact) mass is 448 g/mol. The van der Waals surface area contributed by atoms with Gasteiger partial charge in [-0.25, -0.2) is 0 Å². The maximum atomic E-state index is 13.0. The van der Waals surface area contributed by atoms with Gasteiger partial charge in [0.25, 0.3) is 5.91 Å². The highest BCUT2D eigenvalue weighted by molar-refractivity contribution is 6.06. The number of benzene rings is 3. The van der Waals surface area contributed by atoms with Crippen molar-refractivity contribution in [2.75, 3.05) is 5.32 Å². The first-order valence-electron chi connectivity index (χ1n) is 11.5. The fourth-order valence-electron chi connectivity index (χ4n) is 4.35. The Balaban J connectivity index is 1.34. The number of aryl methyl sites for hydroxylation is 2. The van der Waals surface area contributed by atoms with Crippen molar-refractivity contribution in [1.29, 1.82) is 0 Å². The van der Waals surface area contributed by atoms with E-state index < -0.39 is 0 Å². The topological polar surface area (TPSA) is 51.9 Å². The molecule has 0 unspecified atom stereocenters. The first kappa shape index (κ1) is 21.7. The molecule has 0 radical (unpaired) electrons. The number of fused-ring (bicyclic) bond motifs is 1. The van der Waals surface area contributed by atoms with Crippen molar-refractivity contribution in [2.45, 2.75) is 33.9 Å². The van der Waals surface area contributed by atoms with Gasteiger partial charge in [0.05, 0.1) is 6.54 Å². The van der Waals surface area contributed by atoms with Crippen LogP contribution >= 0.6 is 0 Å². The van der Waals surface area contributed by atoms with E-state index in [-0.39, 0.29) is 5.91 Å². The number of hydrogen-bond donors (Lipinski definition) is 1. The molecule has 0 atom stereocenters. The number of amides is 1. The highest BCUT2D eigenvalue weighted by Gasteiger charge is 2.15. The van der Waals surface area contributed by atoms with Gasteiger partial charge in [-0.2, -0.15) is 5.10 Å². The predicted molar refractivity (Wildman–Crippen MR) is 137 cm³/mol. The molecule has 0 saturated heterocycles. The number of nitrogens with zero attached hydrogens (tertiary/aromatic N) is 3. The number of nitrogens with one attached hydrogen (secondary N) is 1. The SMILES string of the molecule is Cc1ccc(Cn2ccc(NC(=O)c3ccc4c(c3)c(C)c(C)n4Cc3ccccc3)n2)cc1. The molecule has 1 N–H and O–H groups in total. The molecule has 5 heteroatoms. The summed E-state index contributed by atoms with van der Waals surface area (Å²) in [6.07, 6.45) is 1.88. The van der Waals surface area contributed by atoms with Crippen LogP contribution in [0.25, 0.3) is 10.9 Å². The summed E-state index contributed by atoms with van der Waals surface area (Å²) in [6.45, 7) is 7.80. The van der Waals surface area contributed by atoms with Gasteiger partial charge in [-0.3, -0.25) is 9.48 Å². The Labute approximate surface area is 199 Å². The molecule has 0 spiro atoms. The molecule has 34 heavy (non-hydrogen) atoms. The summed E-state index contributed by atoms with van der Waals surface area (Å²) in [5.41, 5.74) is 7.83. The largest absolute Gasteiger partial charge is 0.340 e. The number of aromatic nitrogens is 3. The summed E-state index contributed by atoms with van der Waals surface area (Å²) in [5, 5.41) is 8.56. The first-order chi connectivity index (χ1) is 16.5. The van der Waals surface area contributed by atoms with Crippen LogP contribution in [-0.2, 0) is 13.1 Å². The van der Waals surface area contributed by atoms with Gasteiger partial charge in [0.1, 0.15) is 0 Å². The Hall–Kier alpha value is -4.12. The maximum Gasteiger partial charge on any atom is 0.256 e. The fraction of sp³-hybridized carbons (Fsp3) is 0.172. The number of rotatable bonds is 6. The van der Waals surface area contributed by atoms with Crippen LogP contribution < -0.4 is 5.32 Å². The summed E-state index contributed by atoms with van der Waals surface area (Å²) in [5.74, 6) is 0.391. The summed E-state index contributed by atoms with van der Waals surface area (Å²) < 4.78 is 4.15. The van der Waals surface area contributed by atoms with E-state index in [2.05, 4.69) is 84.3 Å². The zero-order valence-electron chi connectivity index (χ0n) is 19.7. The maximum absolute atomic E-state index is 13.0. The van der Waals surface area contributed by atoms with E-state index in [0.717, 1.165) is 17.4 Å². The van der Waals surface area contributed by atoms with Crippen molar-refractivity contribution in [3.8, 4) is 0 Å². The van der Waals surface area contributed by atoms with Gasteiger partial charge in [-0.05, 0) is 55.7 Å². The van der Waals surface area contributed by atoms with E-state index in [9.17, 15) is 4.79 Å². The molecule has 3 aromatic carbocycles. The van der Waals surface area contributed by atoms with Gasteiger partial charge in [0, 0.05) is 41.0 Å². The smallest absolute Gasteiger partial charge is 0.256 e. The van der Waals surface area contributed by atoms with Gasteiger partial charge < -0.3 is 9.88 Å². The summed E-state index contributed by atoms with van der Waals surface area (Å²) >= 11 is 0. The van der Waals surface area contributed by atoms with Crippen molar-refractivity contribution in [3.05, 3.63) is 119 Å². The first-order valence-corrected chi connectivity index (χ1v) is 11.5. The molecule has 0 bridgehead atoms. The zero-order valence-corrected chi connectivity index (χ0v) is 19.7. The van der Waals surface area contributed by atoms with Gasteiger partial charge in [-0.1, -0.05) is 60.2 Å². The van der Waals surface area contributed by atoms with E-state index in [1.54, 1.807) is 0 Å². The minimum absolute atomic E-state index is 0.157. The van der Waals surface area contributed by atoms with Crippen molar-refractivity contribution in [2.24, 2.45) is 0 Å². The second-order valence-electron chi connectivity index (χ2n) is 8.85. The molecular formula is C29H28N4O. The van der Waals surface area contributed by atoms with Crippen molar-refractivity contribution >= 4 is 22.6 Å². The quantitative estimate of drug-likeness (QED) is 0.341. The minimum Gasteiger partial charge on any atom is -0.340 e. The number of anilines is 1. The molecule has 5 nitrogen and oxygen atoms in total. The van der Waals surface area contributed by atoms with Gasteiger partial charge >= 0.3 is 0 Å². The average Bonchev–Trinajstić information content (AvgIpc) is 3.38. The normalized spacial score (nSPS) is 11.1. The molecule has 2 heterocycles. The van der Waals surface area contributed by atoms with Crippen molar-refractivity contribution < 1.29 is 4.79 Å². The second kappa shape index (κ2) is 9.02. The third kappa shape index (κ3) is 4.37. The van der Waals surface area contributed by atoms with E-state index in [1.807, 2.05) is 41.2 Å². The molecule has 2 aromatic heterocycles. The lowest BCUT2D eigenvalue weighted by atomic mass is 10.1. The van der Waals surface area contributed by atoms with Gasteiger partial charge in [0.15, 0.2) is 5.82 Å². The van der Waals surface area contributed by atoms with E-state index in [0.29, 0.717) is 17.9 Å². The molecule has 170 valence electrons. The third-order valence-corrected chi connectivity index (χ3v) is 6.43. The molecular weight excluding hydrogens is 420 g/mol. The van der Waals surface area contributed by atoms with E-state index >= 15 is 0 Å². The van der Waals surface area contributed by atoms with Gasteiger partial charge in [-0.15, -0.1) is 0 Å². The lowest BCUT2D eigenvalue weighted by molar-refractivity contribution is 0.102. The van der Waals surface area contributed by atoms with Crippen LogP contribution in [0, 0.1) is 20.8 Å². The molecule has 0 aliphatic rings. The number of carbonyl (C=O) groups excluding carboxylic acids is 1. The summed E-state index contributed by atoms with van der Waals surface area (Å²) in [7, 11) is 0. The fourth-order valence-corrected chi connectivity index (χ4v) is 4.35. The lowest BCUT2D eigenvalue weighted by Crippen LogP contribution is -2.13. The van der Waals surface area contributed by atoms with Crippen LogP contribution in [0.15, 0.2) is 85.1 Å². The third-order valence-electron chi connectivity index (χ3n) is 6.43. The van der Waals surface area contributed by atoms with Crippen LogP contribution in [-0.4, -0.2) is 20.3 Å². The molecule has 5 rings (SSSR count). The molecule has 0 fully saturated rings. The van der Waals surface area contributed by atoms with Crippen molar-refractivity contribution in [1.82, 2.24) is 14.3 Å². The molecule has 0 aliphatic carbocycles. The van der Waals surface area contributed by atoms with E-state index in [1.165, 1.54) is 27.9 Å². The molecule has 0 aliphatic heterocycles. The molecule has 0 saturated carbocycles. The summed E-state index contributed by atoms with van der Waals surface area (Å²) in [4.78, 5) is 13.0. The Kier molecular flexibility index (Phi) is 5.76. The van der Waals surface area contributed by atoms with Crippen LogP contribution in [0.2, 0.25) is 0 Å². The zero-order chi connectivity index (χ0) is 23.7. The van der Waals surface area contributed by atoms with Crippen molar-refractivity contribution in [3.63, 3.8) is 0 Å². The molecule has 5 aromatic rings. The average molecular weight is 449 g/mol. The Morgan fingerprint density at radius 3 is 2.35 bits per heavy atom. The predicted octanol–water partition coefficient (Wildman–Crippen LogP) is 6.11. The highest BCUT2D eigenvalue weighted by atomic mass is 16.1. The van der Waals surface area contributed by atoms with Crippen LogP contribution in [0.3, 0.4) is 0 Å². The summed E-state index contributed by atoms with van der Waals surface area (Å²) in [6, 6.07) is 26.6. The number of carbonyl (C=O) groups is 1.